The molecule has 1 aromatic carbocycles. The average Bonchev–Trinajstić information content (AvgIpc) is 2.78. The van der Waals surface area contributed by atoms with E-state index in [1.165, 1.54) is 6.20 Å². The fourth-order valence-corrected chi connectivity index (χ4v) is 4.10. The molecule has 2 N–H and O–H groups in total. The molecule has 1 atom stereocenters. The molecule has 116 valence electrons. The van der Waals surface area contributed by atoms with E-state index in [2.05, 4.69) is 25.8 Å². The molecule has 1 aliphatic rings. The first kappa shape index (κ1) is 15.0. The first-order valence-corrected chi connectivity index (χ1v) is 8.89. The van der Waals surface area contributed by atoms with Gasteiger partial charge in [-0.1, -0.05) is 17.7 Å². The highest BCUT2D eigenvalue weighted by atomic mass is 35.5. The Hall–Kier alpha value is -1.93. The van der Waals surface area contributed by atoms with Crippen molar-refractivity contribution in [2.75, 3.05) is 22.1 Å². The van der Waals surface area contributed by atoms with E-state index in [0.29, 0.717) is 23.2 Å². The quantitative estimate of drug-likeness (QED) is 0.877. The highest BCUT2D eigenvalue weighted by Gasteiger charge is 2.28. The van der Waals surface area contributed by atoms with Crippen LogP contribution in [-0.4, -0.2) is 41.1 Å². The van der Waals surface area contributed by atoms with Crippen LogP contribution in [0.3, 0.4) is 0 Å². The van der Waals surface area contributed by atoms with Gasteiger partial charge in [0, 0.05) is 16.8 Å². The van der Waals surface area contributed by atoms with Crippen molar-refractivity contribution in [1.82, 2.24) is 15.2 Å². The molecule has 1 aromatic heterocycles. The van der Waals surface area contributed by atoms with Crippen molar-refractivity contribution in [2.45, 2.75) is 12.5 Å². The third-order valence-electron chi connectivity index (χ3n) is 3.22. The van der Waals surface area contributed by atoms with E-state index in [4.69, 9.17) is 11.6 Å². The number of halogens is 1. The molecule has 22 heavy (non-hydrogen) atoms. The van der Waals surface area contributed by atoms with Gasteiger partial charge >= 0.3 is 0 Å². The minimum Gasteiger partial charge on any atom is -0.365 e. The van der Waals surface area contributed by atoms with E-state index >= 15 is 0 Å². The first-order valence-electron chi connectivity index (χ1n) is 6.69. The SMILES string of the molecule is O=S1(=O)CCC(Nc2cnnc(Nc3cccc(Cl)c3)n2)C1. The molecule has 2 aromatic rings. The Balaban J connectivity index is 1.70. The maximum atomic E-state index is 11.5. The summed E-state index contributed by atoms with van der Waals surface area (Å²) in [5, 5.41) is 14.4. The van der Waals surface area contributed by atoms with Crippen LogP contribution in [-0.2, 0) is 9.84 Å². The topological polar surface area (TPSA) is 96.9 Å². The molecule has 1 aliphatic heterocycles. The van der Waals surface area contributed by atoms with Gasteiger partial charge in [-0.15, -0.1) is 5.10 Å². The second kappa shape index (κ2) is 6.05. The molecule has 7 nitrogen and oxygen atoms in total. The van der Waals surface area contributed by atoms with Crippen LogP contribution in [0, 0.1) is 0 Å². The summed E-state index contributed by atoms with van der Waals surface area (Å²) >= 11 is 5.92. The van der Waals surface area contributed by atoms with Crippen LogP contribution in [0.1, 0.15) is 6.42 Å². The Morgan fingerprint density at radius 3 is 2.91 bits per heavy atom. The summed E-state index contributed by atoms with van der Waals surface area (Å²) < 4.78 is 22.9. The van der Waals surface area contributed by atoms with Crippen LogP contribution in [0.5, 0.6) is 0 Å². The average molecular weight is 340 g/mol. The molecule has 1 unspecified atom stereocenters. The van der Waals surface area contributed by atoms with Gasteiger partial charge in [-0.25, -0.2) is 8.42 Å². The Morgan fingerprint density at radius 2 is 2.18 bits per heavy atom. The smallest absolute Gasteiger partial charge is 0.249 e. The molecule has 0 radical (unpaired) electrons. The summed E-state index contributed by atoms with van der Waals surface area (Å²) in [7, 11) is -2.94. The van der Waals surface area contributed by atoms with Gasteiger partial charge in [-0.05, 0) is 24.6 Å². The zero-order valence-corrected chi connectivity index (χ0v) is 13.1. The van der Waals surface area contributed by atoms with Crippen molar-refractivity contribution in [2.24, 2.45) is 0 Å². The largest absolute Gasteiger partial charge is 0.365 e. The van der Waals surface area contributed by atoms with Crippen molar-refractivity contribution < 1.29 is 8.42 Å². The third-order valence-corrected chi connectivity index (χ3v) is 5.23. The first-order chi connectivity index (χ1) is 10.5. The Kier molecular flexibility index (Phi) is 4.12. The van der Waals surface area contributed by atoms with Crippen LogP contribution in [0.25, 0.3) is 0 Å². The minimum absolute atomic E-state index is 0.119. The Morgan fingerprint density at radius 1 is 1.32 bits per heavy atom. The highest BCUT2D eigenvalue weighted by Crippen LogP contribution is 2.19. The fourth-order valence-electron chi connectivity index (χ4n) is 2.24. The molecule has 2 heterocycles. The lowest BCUT2D eigenvalue weighted by Crippen LogP contribution is -2.21. The maximum Gasteiger partial charge on any atom is 0.249 e. The lowest BCUT2D eigenvalue weighted by Gasteiger charge is -2.11. The number of nitrogens with one attached hydrogen (secondary N) is 2. The van der Waals surface area contributed by atoms with Gasteiger partial charge in [0.05, 0.1) is 17.7 Å². The van der Waals surface area contributed by atoms with Gasteiger partial charge in [0.25, 0.3) is 0 Å². The summed E-state index contributed by atoms with van der Waals surface area (Å²) in [6.45, 7) is 0. The zero-order chi connectivity index (χ0) is 15.6. The standard InChI is InChI=1S/C13H14ClN5O2S/c14-9-2-1-3-10(6-9)17-13-18-12(7-15-19-13)16-11-4-5-22(20,21)8-11/h1-3,6-7,11H,4-5,8H2,(H2,16,17,18,19). The molecule has 9 heteroatoms. The lowest BCUT2D eigenvalue weighted by atomic mass is 10.3. The van der Waals surface area contributed by atoms with Gasteiger partial charge < -0.3 is 10.6 Å². The normalized spacial score (nSPS) is 19.8. The maximum absolute atomic E-state index is 11.5. The second-order valence-electron chi connectivity index (χ2n) is 5.04. The van der Waals surface area contributed by atoms with E-state index in [0.717, 1.165) is 5.69 Å². The molecular formula is C13H14ClN5O2S. The van der Waals surface area contributed by atoms with Gasteiger partial charge in [-0.2, -0.15) is 10.1 Å². The minimum atomic E-state index is -2.94. The third kappa shape index (κ3) is 3.83. The van der Waals surface area contributed by atoms with Crippen LogP contribution in [0.15, 0.2) is 30.5 Å². The number of hydrogen-bond acceptors (Lipinski definition) is 7. The highest BCUT2D eigenvalue weighted by molar-refractivity contribution is 7.91. The Labute approximate surface area is 133 Å². The Bertz CT molecular complexity index is 784. The van der Waals surface area contributed by atoms with Crippen molar-refractivity contribution in [3.8, 4) is 0 Å². The van der Waals surface area contributed by atoms with Crippen molar-refractivity contribution in [3.05, 3.63) is 35.5 Å². The monoisotopic (exact) mass is 339 g/mol. The number of aromatic nitrogens is 3. The number of hydrogen-bond donors (Lipinski definition) is 2. The van der Waals surface area contributed by atoms with E-state index in [1.807, 2.05) is 12.1 Å². The zero-order valence-electron chi connectivity index (χ0n) is 11.5. The molecule has 3 rings (SSSR count). The summed E-state index contributed by atoms with van der Waals surface area (Å²) in [6.07, 6.45) is 2.04. The van der Waals surface area contributed by atoms with E-state index in [9.17, 15) is 8.42 Å². The molecule has 0 amide bonds. The van der Waals surface area contributed by atoms with Gasteiger partial charge in [0.15, 0.2) is 15.7 Å². The summed E-state index contributed by atoms with van der Waals surface area (Å²) in [6, 6.07) is 7.02. The van der Waals surface area contributed by atoms with Crippen LogP contribution in [0.2, 0.25) is 5.02 Å². The summed E-state index contributed by atoms with van der Waals surface area (Å²) in [4.78, 5) is 4.28. The molecule has 0 spiro atoms. The van der Waals surface area contributed by atoms with E-state index in [1.54, 1.807) is 12.1 Å². The molecular weight excluding hydrogens is 326 g/mol. The number of benzene rings is 1. The van der Waals surface area contributed by atoms with Crippen molar-refractivity contribution in [1.29, 1.82) is 0 Å². The summed E-state index contributed by atoms with van der Waals surface area (Å²) in [5.74, 6) is 1.12. The van der Waals surface area contributed by atoms with E-state index in [-0.39, 0.29) is 17.5 Å². The molecule has 0 bridgehead atoms. The van der Waals surface area contributed by atoms with Crippen LogP contribution >= 0.6 is 11.6 Å². The fraction of sp³-hybridized carbons (Fsp3) is 0.308. The predicted molar refractivity (Wildman–Crippen MR) is 85.2 cm³/mol. The van der Waals surface area contributed by atoms with Crippen LogP contribution in [0.4, 0.5) is 17.5 Å². The lowest BCUT2D eigenvalue weighted by molar-refractivity contribution is 0.602. The van der Waals surface area contributed by atoms with Crippen LogP contribution < -0.4 is 10.6 Å². The molecule has 0 saturated carbocycles. The number of anilines is 3. The predicted octanol–water partition coefficient (Wildman–Crippen LogP) is 1.87. The number of nitrogens with zero attached hydrogens (tertiary/aromatic N) is 3. The summed E-state index contributed by atoms with van der Waals surface area (Å²) in [5.41, 5.74) is 0.745. The molecule has 1 fully saturated rings. The van der Waals surface area contributed by atoms with Gasteiger partial charge in [-0.3, -0.25) is 0 Å². The van der Waals surface area contributed by atoms with Gasteiger partial charge in [0.2, 0.25) is 5.95 Å². The van der Waals surface area contributed by atoms with E-state index < -0.39 is 9.84 Å². The van der Waals surface area contributed by atoms with Crippen molar-refractivity contribution in [3.63, 3.8) is 0 Å². The molecule has 0 aliphatic carbocycles. The number of sulfone groups is 1. The molecule has 1 saturated heterocycles. The second-order valence-corrected chi connectivity index (χ2v) is 7.71. The van der Waals surface area contributed by atoms with Gasteiger partial charge in [0.1, 0.15) is 0 Å². The number of rotatable bonds is 4. The van der Waals surface area contributed by atoms with Crippen molar-refractivity contribution >= 4 is 38.9 Å².